The van der Waals surface area contributed by atoms with Gasteiger partial charge in [0.25, 0.3) is 0 Å². The monoisotopic (exact) mass is 627 g/mol. The quantitative estimate of drug-likeness (QED) is 0.228. The maximum atomic E-state index is 14.8. The first-order valence-corrected chi connectivity index (χ1v) is 12.9. The van der Waals surface area contributed by atoms with E-state index >= 15 is 0 Å². The van der Waals surface area contributed by atoms with Gasteiger partial charge in [-0.3, -0.25) is 0 Å². The maximum absolute atomic E-state index is 14.8. The van der Waals surface area contributed by atoms with Crippen molar-refractivity contribution >= 4 is 33.4 Å². The van der Waals surface area contributed by atoms with Crippen LogP contribution in [0.1, 0.15) is 50.1 Å². The van der Waals surface area contributed by atoms with Gasteiger partial charge in [0.05, 0.1) is 16.7 Å². The number of hydrogen-bond donors (Lipinski definition) is 0. The summed E-state index contributed by atoms with van der Waals surface area (Å²) in [6.07, 6.45) is 0. The predicted molar refractivity (Wildman–Crippen MR) is 154 cm³/mol. The van der Waals surface area contributed by atoms with Crippen molar-refractivity contribution in [3.8, 4) is 54.6 Å². The molecule has 0 saturated heterocycles. The fourth-order valence-electron chi connectivity index (χ4n) is 5.71. The molecule has 0 saturated carbocycles. The van der Waals surface area contributed by atoms with E-state index in [1.807, 2.05) is 18.2 Å². The van der Waals surface area contributed by atoms with E-state index < -0.39 is 79.0 Å². The normalized spacial score (nSPS) is 12.1. The highest BCUT2D eigenvalue weighted by Gasteiger charge is 2.41. The number of halogens is 4. The maximum Gasteiger partial charge on any atom is 0.144 e. The van der Waals surface area contributed by atoms with Crippen LogP contribution in [0, 0.1) is 125 Å². The van der Waals surface area contributed by atoms with Gasteiger partial charge in [0.2, 0.25) is 0 Å². The lowest BCUT2D eigenvalue weighted by Crippen LogP contribution is -2.01. The Balaban J connectivity index is 2.03. The van der Waals surface area contributed by atoms with Crippen LogP contribution in [0.4, 0.5) is 17.6 Å². The van der Waals surface area contributed by atoms with Gasteiger partial charge in [-0.05, 0) is 47.0 Å². The molecule has 0 amide bonds. The van der Waals surface area contributed by atoms with Crippen LogP contribution in [0.25, 0.3) is 33.4 Å². The van der Waals surface area contributed by atoms with Crippen molar-refractivity contribution in [2.75, 3.05) is 0 Å². The van der Waals surface area contributed by atoms with E-state index in [0.29, 0.717) is 24.3 Å². The summed E-state index contributed by atoms with van der Waals surface area (Å²) in [7, 11) is 0. The smallest absolute Gasteiger partial charge is 0.144 e. The Bertz CT molecular complexity index is 2570. The Morgan fingerprint density at radius 2 is 0.812 bits per heavy atom. The lowest BCUT2D eigenvalue weighted by Gasteiger charge is -2.13. The molecule has 48 heavy (non-hydrogen) atoms. The Kier molecular flexibility index (Phi) is 7.59. The molecule has 3 aromatic carbocycles. The third-order valence-corrected chi connectivity index (χ3v) is 7.53. The van der Waals surface area contributed by atoms with Crippen LogP contribution in [0.3, 0.4) is 0 Å². The Morgan fingerprint density at radius 1 is 0.417 bits per heavy atom. The third-order valence-electron chi connectivity index (χ3n) is 7.53. The van der Waals surface area contributed by atoms with Crippen LogP contribution in [0.5, 0.6) is 0 Å². The molecule has 0 aliphatic heterocycles. The summed E-state index contributed by atoms with van der Waals surface area (Å²) in [6.45, 7) is 0. The van der Waals surface area contributed by atoms with E-state index in [9.17, 15) is 54.4 Å². The van der Waals surface area contributed by atoms with Crippen molar-refractivity contribution < 1.29 is 17.6 Å². The second-order valence-electron chi connectivity index (χ2n) is 9.73. The number of rotatable bonds is 2. The zero-order valence-electron chi connectivity index (χ0n) is 23.4. The van der Waals surface area contributed by atoms with Crippen molar-refractivity contribution in [2.45, 2.75) is 0 Å². The molecule has 0 bridgehead atoms. The molecule has 0 spiro atoms. The van der Waals surface area contributed by atoms with E-state index in [-0.39, 0.29) is 39.0 Å². The molecule has 0 atom stereocenters. The minimum atomic E-state index is -1.34. The summed E-state index contributed by atoms with van der Waals surface area (Å²) in [4.78, 5) is 0. The van der Waals surface area contributed by atoms with Gasteiger partial charge in [0.15, 0.2) is 0 Å². The van der Waals surface area contributed by atoms with Gasteiger partial charge >= 0.3 is 0 Å². The van der Waals surface area contributed by atoms with E-state index in [1.54, 1.807) is 24.3 Å². The molecule has 2 aliphatic carbocycles. The standard InChI is InChI=1S/C35H5F4N9/c36-26-1-15(2-27(37)22(26)11-45)30-21(10-44)19-5-20-32(17(6-40)7-41)31(16-3-28(38)23(12-46)29(39)4-16)24(13-47)34(20)25(14-48)35(19)33(30)18(8-42)9-43/h1-5H. The zero-order chi connectivity index (χ0) is 35.0. The molecule has 0 fully saturated rings. The average Bonchev–Trinajstić information content (AvgIpc) is 3.57. The molecule has 0 radical (unpaired) electrons. The van der Waals surface area contributed by atoms with Gasteiger partial charge in [0, 0.05) is 39.0 Å². The van der Waals surface area contributed by atoms with E-state index in [1.165, 1.54) is 12.1 Å². The molecule has 0 aromatic heterocycles. The molecule has 0 unspecified atom stereocenters. The van der Waals surface area contributed by atoms with Gasteiger partial charge in [0.1, 0.15) is 100 Å². The lowest BCUT2D eigenvalue weighted by atomic mass is 9.86. The Hall–Kier alpha value is -8.25. The summed E-state index contributed by atoms with van der Waals surface area (Å²) in [5, 5.41) is 89.1. The zero-order valence-corrected chi connectivity index (χ0v) is 23.4. The molecule has 0 heterocycles. The highest BCUT2D eigenvalue weighted by Crippen LogP contribution is 2.56. The summed E-state index contributed by atoms with van der Waals surface area (Å²) >= 11 is 0. The Morgan fingerprint density at radius 3 is 1.19 bits per heavy atom. The molecule has 0 N–H and O–H groups in total. The first-order valence-electron chi connectivity index (χ1n) is 12.9. The van der Waals surface area contributed by atoms with Crippen LogP contribution < -0.4 is 0 Å². The van der Waals surface area contributed by atoms with Crippen LogP contribution >= 0.6 is 0 Å². The fraction of sp³-hybridized carbons (Fsp3) is 0. The minimum absolute atomic E-state index is 0.207. The second kappa shape index (κ2) is 11.7. The summed E-state index contributed by atoms with van der Waals surface area (Å²) in [5.74, 6) is -5.37. The largest absolute Gasteiger partial charge is 0.205 e. The van der Waals surface area contributed by atoms with Gasteiger partial charge in [-0.25, -0.2) is 17.6 Å². The highest BCUT2D eigenvalue weighted by atomic mass is 19.1. The van der Waals surface area contributed by atoms with Crippen LogP contribution in [0.2, 0.25) is 0 Å². The summed E-state index contributed by atoms with van der Waals surface area (Å²) < 4.78 is 59.3. The van der Waals surface area contributed by atoms with E-state index in [4.69, 9.17) is 10.5 Å². The third kappa shape index (κ3) is 4.23. The number of allylic oxidation sites excluding steroid dienone is 8. The first kappa shape index (κ1) is 31.2. The molecule has 13 heteroatoms. The first-order chi connectivity index (χ1) is 23.1. The molecular formula is C35H5F4N9. The van der Waals surface area contributed by atoms with E-state index in [0.717, 1.165) is 6.07 Å². The molecular weight excluding hydrogens is 622 g/mol. The molecule has 3 aromatic rings. The topological polar surface area (TPSA) is 214 Å². The van der Waals surface area contributed by atoms with Crippen LogP contribution in [0.15, 0.2) is 41.5 Å². The average molecular weight is 627 g/mol. The van der Waals surface area contributed by atoms with Crippen LogP contribution in [-0.2, 0) is 0 Å². The van der Waals surface area contributed by atoms with Crippen molar-refractivity contribution in [3.63, 3.8) is 0 Å². The van der Waals surface area contributed by atoms with Gasteiger partial charge < -0.3 is 0 Å². The van der Waals surface area contributed by atoms with Gasteiger partial charge in [-0.15, -0.1) is 0 Å². The van der Waals surface area contributed by atoms with Crippen molar-refractivity contribution in [1.29, 1.82) is 47.4 Å². The lowest BCUT2D eigenvalue weighted by molar-refractivity contribution is 0.575. The molecule has 218 valence electrons. The molecule has 5 rings (SSSR count). The second-order valence-corrected chi connectivity index (χ2v) is 9.73. The summed E-state index contributed by atoms with van der Waals surface area (Å²) in [5.41, 5.74) is -8.11. The SMILES string of the molecule is N#CC(C#N)=C1C(c2cc(F)c(C#N)c(F)c2)=C(C#N)c2c1cc1c(c2C#N)C(=C(C#N)C#N)C(c2cc(F)c(C#N)c(F)c2)=C1C#N. The minimum Gasteiger partial charge on any atom is -0.205 e. The Labute approximate surface area is 267 Å². The fourth-order valence-corrected chi connectivity index (χ4v) is 5.71. The molecule has 2 aliphatic rings. The number of benzene rings is 3. The summed E-state index contributed by atoms with van der Waals surface area (Å²) in [6, 6.07) is 18.6. The van der Waals surface area contributed by atoms with Crippen molar-refractivity contribution in [1.82, 2.24) is 0 Å². The van der Waals surface area contributed by atoms with Crippen molar-refractivity contribution in [2.24, 2.45) is 0 Å². The number of nitrogens with zero attached hydrogens (tertiary/aromatic N) is 9. The number of fused-ring (bicyclic) bond motifs is 2. The van der Waals surface area contributed by atoms with E-state index in [2.05, 4.69) is 0 Å². The van der Waals surface area contributed by atoms with Crippen LogP contribution in [-0.4, -0.2) is 0 Å². The van der Waals surface area contributed by atoms with Crippen molar-refractivity contribution in [3.05, 3.63) is 115 Å². The predicted octanol–water partition coefficient (Wildman–Crippen LogP) is 6.36. The van der Waals surface area contributed by atoms with Gasteiger partial charge in [-0.2, -0.15) is 47.4 Å². The number of nitriles is 9. The highest BCUT2D eigenvalue weighted by molar-refractivity contribution is 6.31. The van der Waals surface area contributed by atoms with Gasteiger partial charge in [-0.1, -0.05) is 0 Å². The number of hydrogen-bond acceptors (Lipinski definition) is 9. The molecule has 9 nitrogen and oxygen atoms in total.